The summed E-state index contributed by atoms with van der Waals surface area (Å²) in [5, 5.41) is 13.9. The molecule has 3 rings (SSSR count). The molecule has 1 aromatic carbocycles. The second-order valence-electron chi connectivity index (χ2n) is 6.28. The normalized spacial score (nSPS) is 34.8. The molecule has 2 nitrogen and oxygen atoms in total. The Hall–Kier alpha value is -0.860. The van der Waals surface area contributed by atoms with Crippen molar-refractivity contribution in [2.75, 3.05) is 0 Å². The maximum Gasteiger partial charge on any atom is 0.0693 e. The SMILES string of the molecule is CC1CCC(NC2CCCCC2O)c2ccccc21. The Kier molecular flexibility index (Phi) is 3.90. The molecule has 1 fully saturated rings. The number of hydrogen-bond donors (Lipinski definition) is 2. The van der Waals surface area contributed by atoms with Crippen LogP contribution in [0.2, 0.25) is 0 Å². The molecule has 0 aromatic heterocycles. The predicted molar refractivity (Wildman–Crippen MR) is 78.2 cm³/mol. The molecule has 0 radical (unpaired) electrons. The Labute approximate surface area is 116 Å². The van der Waals surface area contributed by atoms with E-state index in [9.17, 15) is 5.11 Å². The number of aliphatic hydroxyl groups excluding tert-OH is 1. The minimum Gasteiger partial charge on any atom is -0.392 e. The molecule has 2 heteroatoms. The summed E-state index contributed by atoms with van der Waals surface area (Å²) >= 11 is 0. The molecule has 0 aliphatic heterocycles. The largest absolute Gasteiger partial charge is 0.392 e. The Morgan fingerprint density at radius 3 is 2.53 bits per heavy atom. The van der Waals surface area contributed by atoms with E-state index < -0.39 is 0 Å². The molecule has 0 bridgehead atoms. The standard InChI is InChI=1S/C17H25NO/c1-12-10-11-15(14-7-3-2-6-13(12)14)18-16-8-4-5-9-17(16)19/h2-3,6-7,12,15-19H,4-5,8-11H2,1H3. The molecule has 2 N–H and O–H groups in total. The smallest absolute Gasteiger partial charge is 0.0693 e. The number of rotatable bonds is 2. The van der Waals surface area contributed by atoms with Crippen molar-refractivity contribution in [3.63, 3.8) is 0 Å². The quantitative estimate of drug-likeness (QED) is 0.851. The summed E-state index contributed by atoms with van der Waals surface area (Å²) in [5.74, 6) is 0.672. The fourth-order valence-corrected chi connectivity index (χ4v) is 3.74. The zero-order valence-electron chi connectivity index (χ0n) is 11.8. The van der Waals surface area contributed by atoms with Crippen LogP contribution in [0.15, 0.2) is 24.3 Å². The minimum atomic E-state index is -0.153. The van der Waals surface area contributed by atoms with Crippen LogP contribution in [-0.4, -0.2) is 17.3 Å². The fraction of sp³-hybridized carbons (Fsp3) is 0.647. The molecule has 4 unspecified atom stereocenters. The summed E-state index contributed by atoms with van der Waals surface area (Å²) in [6.07, 6.45) is 6.80. The lowest BCUT2D eigenvalue weighted by Crippen LogP contribution is -2.44. The molecule has 19 heavy (non-hydrogen) atoms. The van der Waals surface area contributed by atoms with Gasteiger partial charge in [0.2, 0.25) is 0 Å². The van der Waals surface area contributed by atoms with Gasteiger partial charge in [-0.15, -0.1) is 0 Å². The van der Waals surface area contributed by atoms with Gasteiger partial charge in [0.25, 0.3) is 0 Å². The minimum absolute atomic E-state index is 0.153. The van der Waals surface area contributed by atoms with Gasteiger partial charge >= 0.3 is 0 Å². The van der Waals surface area contributed by atoms with E-state index in [0.29, 0.717) is 18.0 Å². The second-order valence-corrected chi connectivity index (χ2v) is 6.28. The molecule has 0 spiro atoms. The molecule has 0 heterocycles. The monoisotopic (exact) mass is 259 g/mol. The summed E-state index contributed by atoms with van der Waals surface area (Å²) in [6, 6.07) is 9.55. The molecule has 1 aromatic rings. The van der Waals surface area contributed by atoms with Crippen molar-refractivity contribution >= 4 is 0 Å². The van der Waals surface area contributed by atoms with Gasteiger partial charge in [0.1, 0.15) is 0 Å². The van der Waals surface area contributed by atoms with Crippen molar-refractivity contribution in [1.82, 2.24) is 5.32 Å². The number of benzene rings is 1. The Morgan fingerprint density at radius 2 is 1.74 bits per heavy atom. The van der Waals surface area contributed by atoms with Gasteiger partial charge in [0, 0.05) is 12.1 Å². The van der Waals surface area contributed by atoms with E-state index in [2.05, 4.69) is 36.5 Å². The van der Waals surface area contributed by atoms with E-state index in [1.165, 1.54) is 36.8 Å². The van der Waals surface area contributed by atoms with E-state index in [1.54, 1.807) is 0 Å². The Balaban J connectivity index is 1.77. The van der Waals surface area contributed by atoms with E-state index >= 15 is 0 Å². The van der Waals surface area contributed by atoms with Gasteiger partial charge in [-0.05, 0) is 42.7 Å². The van der Waals surface area contributed by atoms with Crippen LogP contribution in [0.5, 0.6) is 0 Å². The van der Waals surface area contributed by atoms with Gasteiger partial charge in [0.15, 0.2) is 0 Å². The highest BCUT2D eigenvalue weighted by Gasteiger charge is 2.29. The third-order valence-electron chi connectivity index (χ3n) is 4.94. The third kappa shape index (κ3) is 2.70. The highest BCUT2D eigenvalue weighted by Crippen LogP contribution is 2.37. The van der Waals surface area contributed by atoms with Crippen LogP contribution in [0.25, 0.3) is 0 Å². The van der Waals surface area contributed by atoms with Crippen molar-refractivity contribution in [1.29, 1.82) is 0 Å². The Bertz CT molecular complexity index is 431. The van der Waals surface area contributed by atoms with Gasteiger partial charge in [-0.3, -0.25) is 0 Å². The van der Waals surface area contributed by atoms with E-state index in [4.69, 9.17) is 0 Å². The molecule has 4 atom stereocenters. The van der Waals surface area contributed by atoms with Gasteiger partial charge in [-0.2, -0.15) is 0 Å². The predicted octanol–water partition coefficient (Wildman–Crippen LogP) is 3.52. The average Bonchev–Trinajstić information content (AvgIpc) is 2.44. The van der Waals surface area contributed by atoms with E-state index in [0.717, 1.165) is 12.8 Å². The van der Waals surface area contributed by atoms with Crippen LogP contribution < -0.4 is 5.32 Å². The Morgan fingerprint density at radius 1 is 1.00 bits per heavy atom. The first-order chi connectivity index (χ1) is 9.25. The average molecular weight is 259 g/mol. The fourth-order valence-electron chi connectivity index (χ4n) is 3.74. The van der Waals surface area contributed by atoms with Crippen molar-refractivity contribution in [3.8, 4) is 0 Å². The van der Waals surface area contributed by atoms with E-state index in [-0.39, 0.29) is 6.10 Å². The number of aliphatic hydroxyl groups is 1. The van der Waals surface area contributed by atoms with Crippen LogP contribution in [-0.2, 0) is 0 Å². The molecule has 1 saturated carbocycles. The number of fused-ring (bicyclic) bond motifs is 1. The van der Waals surface area contributed by atoms with Gasteiger partial charge in [0.05, 0.1) is 6.10 Å². The summed E-state index contributed by atoms with van der Waals surface area (Å²) in [7, 11) is 0. The summed E-state index contributed by atoms with van der Waals surface area (Å²) in [5.41, 5.74) is 2.95. The lowest BCUT2D eigenvalue weighted by atomic mass is 9.80. The molecule has 104 valence electrons. The van der Waals surface area contributed by atoms with Crippen LogP contribution in [0, 0.1) is 0 Å². The van der Waals surface area contributed by atoms with Crippen LogP contribution in [0.4, 0.5) is 0 Å². The molecular formula is C17H25NO. The first kappa shape index (κ1) is 13.1. The van der Waals surface area contributed by atoms with Crippen LogP contribution >= 0.6 is 0 Å². The highest BCUT2D eigenvalue weighted by molar-refractivity contribution is 5.35. The van der Waals surface area contributed by atoms with Gasteiger partial charge < -0.3 is 10.4 Å². The zero-order valence-corrected chi connectivity index (χ0v) is 11.8. The molecule has 0 saturated heterocycles. The highest BCUT2D eigenvalue weighted by atomic mass is 16.3. The first-order valence-corrected chi connectivity index (χ1v) is 7.78. The lowest BCUT2D eigenvalue weighted by Gasteiger charge is -2.36. The summed E-state index contributed by atoms with van der Waals surface area (Å²) in [4.78, 5) is 0. The summed E-state index contributed by atoms with van der Waals surface area (Å²) in [6.45, 7) is 2.32. The van der Waals surface area contributed by atoms with E-state index in [1.807, 2.05) is 0 Å². The molecule has 2 aliphatic rings. The second kappa shape index (κ2) is 5.64. The molecular weight excluding hydrogens is 234 g/mol. The van der Waals surface area contributed by atoms with Gasteiger partial charge in [-0.25, -0.2) is 0 Å². The van der Waals surface area contributed by atoms with Crippen molar-refractivity contribution in [2.45, 2.75) is 69.6 Å². The number of nitrogens with one attached hydrogen (secondary N) is 1. The van der Waals surface area contributed by atoms with Crippen molar-refractivity contribution in [3.05, 3.63) is 35.4 Å². The van der Waals surface area contributed by atoms with Crippen molar-refractivity contribution < 1.29 is 5.11 Å². The first-order valence-electron chi connectivity index (χ1n) is 7.78. The van der Waals surface area contributed by atoms with Crippen molar-refractivity contribution in [2.24, 2.45) is 0 Å². The maximum absolute atomic E-state index is 10.1. The molecule has 2 aliphatic carbocycles. The summed E-state index contributed by atoms with van der Waals surface area (Å²) < 4.78 is 0. The molecule has 0 amide bonds. The van der Waals surface area contributed by atoms with Crippen LogP contribution in [0.1, 0.15) is 68.5 Å². The number of hydrogen-bond acceptors (Lipinski definition) is 2. The van der Waals surface area contributed by atoms with Crippen LogP contribution in [0.3, 0.4) is 0 Å². The maximum atomic E-state index is 10.1. The lowest BCUT2D eigenvalue weighted by molar-refractivity contribution is 0.0831. The zero-order chi connectivity index (χ0) is 13.2. The van der Waals surface area contributed by atoms with Gasteiger partial charge in [-0.1, -0.05) is 44.0 Å². The topological polar surface area (TPSA) is 32.3 Å². The third-order valence-corrected chi connectivity index (χ3v) is 4.94.